The maximum Gasteiger partial charge on any atom is 0.191 e. The Hall–Kier alpha value is -2.42. The van der Waals surface area contributed by atoms with Gasteiger partial charge < -0.3 is 9.30 Å². The summed E-state index contributed by atoms with van der Waals surface area (Å²) in [7, 11) is 1.88. The third-order valence-electron chi connectivity index (χ3n) is 4.11. The Bertz CT molecular complexity index is 1120. The number of hydrogen-bond donors (Lipinski definition) is 0. The highest BCUT2D eigenvalue weighted by Gasteiger charge is 2.12. The van der Waals surface area contributed by atoms with Crippen LogP contribution in [0, 0.1) is 5.82 Å². The highest BCUT2D eigenvalue weighted by atomic mass is 35.5. The third kappa shape index (κ3) is 4.77. The topological polar surface area (TPSA) is 52.8 Å². The molecule has 0 bridgehead atoms. The van der Waals surface area contributed by atoms with E-state index in [2.05, 4.69) is 27.7 Å². The summed E-state index contributed by atoms with van der Waals surface area (Å²) in [4.78, 5) is 4.70. The molecule has 148 valence electrons. The molecule has 0 saturated carbocycles. The lowest BCUT2D eigenvalue weighted by Crippen LogP contribution is -2.04. The second-order valence-electron chi connectivity index (χ2n) is 6.12. The first-order chi connectivity index (χ1) is 14.1. The Kier molecular flexibility index (Phi) is 6.13. The summed E-state index contributed by atoms with van der Waals surface area (Å²) in [5, 5.41) is 12.3. The molecule has 0 radical (unpaired) electrons. The van der Waals surface area contributed by atoms with Gasteiger partial charge in [0.1, 0.15) is 23.2 Å². The highest BCUT2D eigenvalue weighted by Crippen LogP contribution is 2.27. The quantitative estimate of drug-likeness (QED) is 0.346. The van der Waals surface area contributed by atoms with Crippen LogP contribution in [0.1, 0.15) is 11.5 Å². The summed E-state index contributed by atoms with van der Waals surface area (Å²) < 4.78 is 20.7. The van der Waals surface area contributed by atoms with E-state index in [1.807, 2.05) is 29.8 Å². The number of thioether (sulfide) groups is 1. The lowest BCUT2D eigenvalue weighted by Gasteiger charge is -2.07. The summed E-state index contributed by atoms with van der Waals surface area (Å²) in [5.74, 6) is 1.36. The second-order valence-corrected chi connectivity index (χ2v) is 8.33. The molecule has 0 aliphatic carbocycles. The van der Waals surface area contributed by atoms with Gasteiger partial charge in [0, 0.05) is 29.8 Å². The third-order valence-corrected chi connectivity index (χ3v) is 6.39. The average Bonchev–Trinajstić information content (AvgIpc) is 3.35. The lowest BCUT2D eigenvalue weighted by molar-refractivity contribution is 0.290. The zero-order valence-electron chi connectivity index (χ0n) is 15.4. The molecule has 2 heterocycles. The minimum absolute atomic E-state index is 0.0230. The molecular formula is C20H16ClFN4OS2. The average molecular weight is 447 g/mol. The lowest BCUT2D eigenvalue weighted by atomic mass is 10.2. The molecule has 4 aromatic rings. The fourth-order valence-electron chi connectivity index (χ4n) is 2.54. The van der Waals surface area contributed by atoms with Gasteiger partial charge in [0.25, 0.3) is 0 Å². The van der Waals surface area contributed by atoms with Gasteiger partial charge in [-0.05, 0) is 12.1 Å². The molecule has 5 nitrogen and oxygen atoms in total. The first kappa shape index (κ1) is 19.9. The minimum Gasteiger partial charge on any atom is -0.486 e. The van der Waals surface area contributed by atoms with E-state index >= 15 is 0 Å². The van der Waals surface area contributed by atoms with Crippen LogP contribution in [0.15, 0.2) is 59.1 Å². The van der Waals surface area contributed by atoms with Crippen LogP contribution >= 0.6 is 34.7 Å². The Morgan fingerprint density at radius 2 is 2.00 bits per heavy atom. The Labute approximate surface area is 180 Å². The molecule has 2 aromatic heterocycles. The molecule has 0 N–H and O–H groups in total. The molecular weight excluding hydrogens is 431 g/mol. The van der Waals surface area contributed by atoms with E-state index in [1.165, 1.54) is 18.2 Å². The Morgan fingerprint density at radius 3 is 2.79 bits per heavy atom. The number of rotatable bonds is 7. The number of benzene rings is 2. The molecule has 0 saturated heterocycles. The normalized spacial score (nSPS) is 11.0. The monoisotopic (exact) mass is 446 g/mol. The van der Waals surface area contributed by atoms with Gasteiger partial charge >= 0.3 is 0 Å². The molecule has 0 spiro atoms. The predicted octanol–water partition coefficient (Wildman–Crippen LogP) is 5.60. The second kappa shape index (κ2) is 8.94. The van der Waals surface area contributed by atoms with Gasteiger partial charge in [0.2, 0.25) is 0 Å². The van der Waals surface area contributed by atoms with Crippen molar-refractivity contribution < 1.29 is 9.13 Å². The first-order valence-corrected chi connectivity index (χ1v) is 10.9. The molecule has 0 fully saturated rings. The Balaban J connectivity index is 1.36. The van der Waals surface area contributed by atoms with Crippen molar-refractivity contribution in [1.82, 2.24) is 19.7 Å². The van der Waals surface area contributed by atoms with Gasteiger partial charge in [-0.25, -0.2) is 9.37 Å². The number of nitrogens with zero attached hydrogens (tertiary/aromatic N) is 4. The zero-order chi connectivity index (χ0) is 20.2. The molecule has 0 aliphatic rings. The fourth-order valence-corrected chi connectivity index (χ4v) is 4.46. The number of thiazole rings is 1. The summed E-state index contributed by atoms with van der Waals surface area (Å²) >= 11 is 8.97. The van der Waals surface area contributed by atoms with Crippen molar-refractivity contribution >= 4 is 34.7 Å². The summed E-state index contributed by atoms with van der Waals surface area (Å²) in [6, 6.07) is 14.4. The van der Waals surface area contributed by atoms with E-state index in [0.29, 0.717) is 17.3 Å². The summed E-state index contributed by atoms with van der Waals surface area (Å²) in [6.07, 6.45) is 0. The van der Waals surface area contributed by atoms with Crippen LogP contribution in [-0.4, -0.2) is 19.7 Å². The number of ether oxygens (including phenoxy) is 1. The van der Waals surface area contributed by atoms with Crippen molar-refractivity contribution in [2.75, 3.05) is 0 Å². The number of hydrogen-bond acceptors (Lipinski definition) is 6. The van der Waals surface area contributed by atoms with Crippen LogP contribution in [-0.2, 0) is 19.4 Å². The van der Waals surface area contributed by atoms with Crippen molar-refractivity contribution in [3.63, 3.8) is 0 Å². The van der Waals surface area contributed by atoms with Crippen molar-refractivity contribution in [3.8, 4) is 16.3 Å². The van der Waals surface area contributed by atoms with Gasteiger partial charge in [-0.15, -0.1) is 21.5 Å². The molecule has 0 atom stereocenters. The minimum atomic E-state index is -0.478. The van der Waals surface area contributed by atoms with Crippen LogP contribution in [0.2, 0.25) is 5.02 Å². The number of aromatic nitrogens is 4. The first-order valence-electron chi connectivity index (χ1n) is 8.69. The van der Waals surface area contributed by atoms with E-state index in [-0.39, 0.29) is 11.6 Å². The van der Waals surface area contributed by atoms with Crippen molar-refractivity contribution in [3.05, 3.63) is 76.3 Å². The maximum absolute atomic E-state index is 13.2. The maximum atomic E-state index is 13.2. The van der Waals surface area contributed by atoms with Gasteiger partial charge in [-0.1, -0.05) is 53.7 Å². The number of halogens is 2. The predicted molar refractivity (Wildman–Crippen MR) is 114 cm³/mol. The molecule has 2 aromatic carbocycles. The van der Waals surface area contributed by atoms with Crippen LogP contribution < -0.4 is 4.74 Å². The van der Waals surface area contributed by atoms with Crippen molar-refractivity contribution in [2.24, 2.45) is 7.05 Å². The van der Waals surface area contributed by atoms with Crippen LogP contribution in [0.4, 0.5) is 4.39 Å². The van der Waals surface area contributed by atoms with Crippen molar-refractivity contribution in [2.45, 2.75) is 17.5 Å². The van der Waals surface area contributed by atoms with E-state index in [0.717, 1.165) is 21.4 Å². The largest absolute Gasteiger partial charge is 0.486 e. The fraction of sp³-hybridized carbons (Fsp3) is 0.150. The van der Waals surface area contributed by atoms with Gasteiger partial charge in [-0.3, -0.25) is 0 Å². The molecule has 0 unspecified atom stereocenters. The molecule has 0 aliphatic heterocycles. The van der Waals surface area contributed by atoms with Crippen molar-refractivity contribution in [1.29, 1.82) is 0 Å². The van der Waals surface area contributed by atoms with E-state index in [4.69, 9.17) is 21.3 Å². The van der Waals surface area contributed by atoms with E-state index in [9.17, 15) is 4.39 Å². The molecule has 4 rings (SSSR count). The van der Waals surface area contributed by atoms with Gasteiger partial charge in [0.05, 0.1) is 10.7 Å². The summed E-state index contributed by atoms with van der Waals surface area (Å²) in [6.45, 7) is 0.209. The van der Waals surface area contributed by atoms with E-state index in [1.54, 1.807) is 23.1 Å². The molecule has 9 heteroatoms. The SMILES string of the molecule is Cn1c(COc2ccc(F)c(Cl)c2)nnc1SCc1csc(-c2ccccc2)n1. The van der Waals surface area contributed by atoms with E-state index < -0.39 is 5.82 Å². The van der Waals surface area contributed by atoms with Crippen LogP contribution in [0.25, 0.3) is 10.6 Å². The standard InChI is InChI=1S/C20H16ClFN4OS2/c1-26-18(10-27-15-7-8-17(22)16(21)9-15)24-25-20(26)29-12-14-11-28-19(23-14)13-5-3-2-4-6-13/h2-9,11H,10,12H2,1H3. The molecule has 0 amide bonds. The van der Waals surface area contributed by atoms with Gasteiger partial charge in [-0.2, -0.15) is 0 Å². The highest BCUT2D eigenvalue weighted by molar-refractivity contribution is 7.98. The smallest absolute Gasteiger partial charge is 0.191 e. The van der Waals surface area contributed by atoms with Crippen LogP contribution in [0.3, 0.4) is 0 Å². The molecule has 29 heavy (non-hydrogen) atoms. The summed E-state index contributed by atoms with van der Waals surface area (Å²) in [5.41, 5.74) is 2.12. The van der Waals surface area contributed by atoms with Gasteiger partial charge in [0.15, 0.2) is 11.0 Å². The Morgan fingerprint density at radius 1 is 1.17 bits per heavy atom. The zero-order valence-corrected chi connectivity index (χ0v) is 17.8. The van der Waals surface area contributed by atoms with Crippen LogP contribution in [0.5, 0.6) is 5.75 Å².